The summed E-state index contributed by atoms with van der Waals surface area (Å²) in [7, 11) is 1.73. The topological polar surface area (TPSA) is 54.0 Å². The van der Waals surface area contributed by atoms with Gasteiger partial charge in [-0.2, -0.15) is 0 Å². The van der Waals surface area contributed by atoms with E-state index >= 15 is 0 Å². The highest BCUT2D eigenvalue weighted by Crippen LogP contribution is 2.22. The Morgan fingerprint density at radius 2 is 2.21 bits per heavy atom. The number of carbonyl (C=O) groups excluding carboxylic acids is 1. The molecule has 0 fully saturated rings. The van der Waals surface area contributed by atoms with Gasteiger partial charge >= 0.3 is 0 Å². The molecule has 0 bridgehead atoms. The minimum absolute atomic E-state index is 0.242. The molecule has 2 rings (SSSR count). The lowest BCUT2D eigenvalue weighted by Crippen LogP contribution is -2.22. The molecule has 0 spiro atoms. The van der Waals surface area contributed by atoms with Crippen LogP contribution in [-0.2, 0) is 6.54 Å². The molecule has 0 aliphatic rings. The quantitative estimate of drug-likeness (QED) is 0.909. The normalized spacial score (nSPS) is 10.3. The Balaban J connectivity index is 2.07. The lowest BCUT2D eigenvalue weighted by molar-refractivity contribution is 0.0951. The molecule has 2 aromatic heterocycles. The van der Waals surface area contributed by atoms with Gasteiger partial charge in [0, 0.05) is 18.1 Å². The van der Waals surface area contributed by atoms with Gasteiger partial charge in [0.15, 0.2) is 0 Å². The molecule has 2 N–H and O–H groups in total. The van der Waals surface area contributed by atoms with Gasteiger partial charge < -0.3 is 10.6 Å². The number of carbonyl (C=O) groups is 1. The Bertz CT molecular complexity index is 600. The Morgan fingerprint density at radius 3 is 2.84 bits per heavy atom. The van der Waals surface area contributed by atoms with Crippen molar-refractivity contribution in [3.05, 3.63) is 44.2 Å². The largest absolute Gasteiger partial charge is 0.373 e. The van der Waals surface area contributed by atoms with Crippen LogP contribution in [-0.4, -0.2) is 17.9 Å². The van der Waals surface area contributed by atoms with E-state index in [2.05, 4.69) is 15.6 Å². The van der Waals surface area contributed by atoms with Crippen LogP contribution in [0.25, 0.3) is 0 Å². The maximum Gasteiger partial charge on any atom is 0.253 e. The van der Waals surface area contributed by atoms with E-state index in [9.17, 15) is 4.79 Å². The highest BCUT2D eigenvalue weighted by molar-refractivity contribution is 7.16. The van der Waals surface area contributed by atoms with E-state index in [-0.39, 0.29) is 5.91 Å². The Kier molecular flexibility index (Phi) is 4.63. The third-order valence-corrected chi connectivity index (χ3v) is 3.94. The number of nitrogens with zero attached hydrogens (tertiary/aromatic N) is 1. The number of nitrogens with one attached hydrogen (secondary N) is 2. The molecule has 7 heteroatoms. The third kappa shape index (κ3) is 3.59. The fourth-order valence-corrected chi connectivity index (χ4v) is 2.68. The number of thiophene rings is 1. The number of amides is 1. The lowest BCUT2D eigenvalue weighted by Gasteiger charge is -2.07. The smallest absolute Gasteiger partial charge is 0.253 e. The monoisotopic (exact) mass is 315 g/mol. The van der Waals surface area contributed by atoms with Crippen molar-refractivity contribution in [2.45, 2.75) is 6.54 Å². The molecule has 1 amide bonds. The van der Waals surface area contributed by atoms with Gasteiger partial charge in [0.2, 0.25) is 0 Å². The molecule has 0 unspecified atom stereocenters. The standard InChI is InChI=1S/C12H11Cl2N3OS/c1-15-11-4-8(9(13)6-16-11)12(18)17-5-7-2-3-10(14)19-7/h2-4,6H,5H2,1H3,(H,15,16)(H,17,18). The SMILES string of the molecule is CNc1cc(C(=O)NCc2ccc(Cl)s2)c(Cl)cn1. The number of hydrogen-bond donors (Lipinski definition) is 2. The summed E-state index contributed by atoms with van der Waals surface area (Å²) >= 11 is 13.2. The molecule has 0 saturated carbocycles. The zero-order valence-corrected chi connectivity index (χ0v) is 12.4. The van der Waals surface area contributed by atoms with Crippen LogP contribution < -0.4 is 10.6 Å². The number of halogens is 2. The molecule has 19 heavy (non-hydrogen) atoms. The van der Waals surface area contributed by atoms with Gasteiger partial charge in [0.25, 0.3) is 5.91 Å². The van der Waals surface area contributed by atoms with Crippen LogP contribution in [0.4, 0.5) is 5.82 Å². The summed E-state index contributed by atoms with van der Waals surface area (Å²) in [5, 5.41) is 5.98. The minimum Gasteiger partial charge on any atom is -0.373 e. The van der Waals surface area contributed by atoms with Gasteiger partial charge in [0.05, 0.1) is 21.5 Å². The van der Waals surface area contributed by atoms with Gasteiger partial charge in [-0.3, -0.25) is 4.79 Å². The van der Waals surface area contributed by atoms with Crippen molar-refractivity contribution < 1.29 is 4.79 Å². The first-order valence-electron chi connectivity index (χ1n) is 5.46. The minimum atomic E-state index is -0.242. The summed E-state index contributed by atoms with van der Waals surface area (Å²) in [5.74, 6) is 0.349. The second-order valence-electron chi connectivity index (χ2n) is 3.69. The van der Waals surface area contributed by atoms with E-state index in [1.807, 2.05) is 6.07 Å². The number of anilines is 1. The summed E-state index contributed by atoms with van der Waals surface area (Å²) in [4.78, 5) is 17.0. The van der Waals surface area contributed by atoms with E-state index < -0.39 is 0 Å². The Labute approximate surface area is 124 Å². The van der Waals surface area contributed by atoms with Crippen LogP contribution in [0.5, 0.6) is 0 Å². The summed E-state index contributed by atoms with van der Waals surface area (Å²) in [6.45, 7) is 0.420. The highest BCUT2D eigenvalue weighted by Gasteiger charge is 2.12. The number of aromatic nitrogens is 1. The van der Waals surface area contributed by atoms with Crippen LogP contribution in [0.3, 0.4) is 0 Å². The summed E-state index contributed by atoms with van der Waals surface area (Å²) in [5.41, 5.74) is 0.392. The van der Waals surface area contributed by atoms with Crippen LogP contribution >= 0.6 is 34.5 Å². The zero-order valence-electron chi connectivity index (χ0n) is 10.0. The molecular formula is C12H11Cl2N3OS. The second kappa shape index (κ2) is 6.23. The van der Waals surface area contributed by atoms with Crippen molar-refractivity contribution in [2.75, 3.05) is 12.4 Å². The second-order valence-corrected chi connectivity index (χ2v) is 5.89. The van der Waals surface area contributed by atoms with Crippen LogP contribution in [0, 0.1) is 0 Å². The Hall–Kier alpha value is -1.30. The molecule has 4 nitrogen and oxygen atoms in total. The molecule has 0 aliphatic heterocycles. The number of pyridine rings is 1. The Morgan fingerprint density at radius 1 is 1.42 bits per heavy atom. The zero-order chi connectivity index (χ0) is 13.8. The first-order chi connectivity index (χ1) is 9.10. The molecule has 0 atom stereocenters. The van der Waals surface area contributed by atoms with Gasteiger partial charge in [-0.05, 0) is 18.2 Å². The van der Waals surface area contributed by atoms with Crippen LogP contribution in [0.15, 0.2) is 24.4 Å². The van der Waals surface area contributed by atoms with Crippen LogP contribution in [0.1, 0.15) is 15.2 Å². The van der Waals surface area contributed by atoms with Gasteiger partial charge in [0.1, 0.15) is 5.82 Å². The third-order valence-electron chi connectivity index (χ3n) is 2.41. The first kappa shape index (κ1) is 14.1. The van der Waals surface area contributed by atoms with E-state index in [1.165, 1.54) is 17.5 Å². The van der Waals surface area contributed by atoms with Gasteiger partial charge in [-0.15, -0.1) is 11.3 Å². The highest BCUT2D eigenvalue weighted by atomic mass is 35.5. The van der Waals surface area contributed by atoms with E-state index in [4.69, 9.17) is 23.2 Å². The maximum absolute atomic E-state index is 12.0. The molecule has 0 radical (unpaired) electrons. The van der Waals surface area contributed by atoms with Gasteiger partial charge in [-0.1, -0.05) is 23.2 Å². The summed E-state index contributed by atoms with van der Waals surface area (Å²) in [6, 6.07) is 5.28. The molecule has 0 saturated heterocycles. The van der Waals surface area contributed by atoms with Crippen LogP contribution in [0.2, 0.25) is 9.36 Å². The van der Waals surface area contributed by atoms with Crippen molar-refractivity contribution in [3.63, 3.8) is 0 Å². The summed E-state index contributed by atoms with van der Waals surface area (Å²) in [6.07, 6.45) is 1.45. The molecule has 0 aliphatic carbocycles. The molecule has 2 aromatic rings. The fourth-order valence-electron chi connectivity index (χ4n) is 1.46. The summed E-state index contributed by atoms with van der Waals surface area (Å²) < 4.78 is 0.698. The maximum atomic E-state index is 12.0. The van der Waals surface area contributed by atoms with Crippen molar-refractivity contribution in [3.8, 4) is 0 Å². The van der Waals surface area contributed by atoms with E-state index in [1.54, 1.807) is 19.2 Å². The number of rotatable bonds is 4. The van der Waals surface area contributed by atoms with Crippen molar-refractivity contribution in [1.29, 1.82) is 0 Å². The molecule has 0 aromatic carbocycles. The predicted octanol–water partition coefficient (Wildman–Crippen LogP) is 3.42. The van der Waals surface area contributed by atoms with E-state index in [0.29, 0.717) is 27.3 Å². The van der Waals surface area contributed by atoms with Gasteiger partial charge in [-0.25, -0.2) is 4.98 Å². The average molecular weight is 316 g/mol. The molecular weight excluding hydrogens is 305 g/mol. The predicted molar refractivity (Wildman–Crippen MR) is 79.3 cm³/mol. The van der Waals surface area contributed by atoms with Crippen molar-refractivity contribution in [1.82, 2.24) is 10.3 Å². The molecule has 2 heterocycles. The number of hydrogen-bond acceptors (Lipinski definition) is 4. The fraction of sp³-hybridized carbons (Fsp3) is 0.167. The van der Waals surface area contributed by atoms with Crippen molar-refractivity contribution in [2.24, 2.45) is 0 Å². The van der Waals surface area contributed by atoms with E-state index in [0.717, 1.165) is 4.88 Å². The average Bonchev–Trinajstić information content (AvgIpc) is 2.82. The van der Waals surface area contributed by atoms with Crippen molar-refractivity contribution >= 4 is 46.3 Å². The molecule has 100 valence electrons. The lowest BCUT2D eigenvalue weighted by atomic mass is 10.2. The first-order valence-corrected chi connectivity index (χ1v) is 7.03.